The molecule has 17 heteroatoms. The summed E-state index contributed by atoms with van der Waals surface area (Å²) >= 11 is 6.55. The Balaban J connectivity index is 0.756. The van der Waals surface area contributed by atoms with Gasteiger partial charge in [0, 0.05) is 103 Å². The van der Waals surface area contributed by atoms with Gasteiger partial charge < -0.3 is 19.1 Å². The van der Waals surface area contributed by atoms with E-state index in [1.165, 1.54) is 0 Å². The van der Waals surface area contributed by atoms with Gasteiger partial charge in [-0.3, -0.25) is 38.4 Å². The van der Waals surface area contributed by atoms with Crippen LogP contribution in [-0.2, 0) is 49.0 Å². The fourth-order valence-corrected chi connectivity index (χ4v) is 12.1. The van der Waals surface area contributed by atoms with Gasteiger partial charge in [0.05, 0.1) is 29.0 Å². The van der Waals surface area contributed by atoms with Gasteiger partial charge in [0.2, 0.25) is 17.7 Å². The first-order valence-electron chi connectivity index (χ1n) is 23.7. The van der Waals surface area contributed by atoms with E-state index in [9.17, 15) is 32.7 Å². The third kappa shape index (κ3) is 12.7. The smallest absolute Gasteiger partial charge is 0.262 e. The molecule has 1 N–H and O–H groups in total. The van der Waals surface area contributed by atoms with Gasteiger partial charge in [0.25, 0.3) is 11.8 Å². The minimum Gasteiger partial charge on any atom is -0.496 e. The molecule has 14 nitrogen and oxygen atoms in total. The van der Waals surface area contributed by atoms with Crippen LogP contribution < -0.4 is 20.3 Å². The molecule has 0 saturated carbocycles. The number of unbranched alkanes of at least 4 members (excludes halogenated alkanes) is 6. The zero-order valence-electron chi connectivity index (χ0n) is 39.3. The molecule has 7 rings (SSSR count). The van der Waals surface area contributed by atoms with Crippen molar-refractivity contribution in [1.82, 2.24) is 25.1 Å². The van der Waals surface area contributed by atoms with Gasteiger partial charge in [-0.2, -0.15) is 0 Å². The Morgan fingerprint density at radius 1 is 0.838 bits per heavy atom. The second-order valence-corrected chi connectivity index (χ2v) is 23.5. The number of amides is 5. The third-order valence-electron chi connectivity index (χ3n) is 13.0. The highest BCUT2D eigenvalue weighted by molar-refractivity contribution is 7.84. The first-order chi connectivity index (χ1) is 32.7. The summed E-state index contributed by atoms with van der Waals surface area (Å²) < 4.78 is 31.5. The lowest BCUT2D eigenvalue weighted by Gasteiger charge is -2.36. The van der Waals surface area contributed by atoms with Crippen molar-refractivity contribution in [2.45, 2.75) is 95.9 Å². The molecule has 68 heavy (non-hydrogen) atoms. The third-order valence-corrected chi connectivity index (χ3v) is 16.4. The number of aryl methyl sites for hydroxylation is 1. The molecular weight excluding hydrogens is 923 g/mol. The maximum atomic E-state index is 13.3. The summed E-state index contributed by atoms with van der Waals surface area (Å²) in [7, 11) is -1.73. The van der Waals surface area contributed by atoms with Crippen molar-refractivity contribution >= 4 is 70.1 Å². The lowest BCUT2D eigenvalue weighted by molar-refractivity contribution is -0.136. The van der Waals surface area contributed by atoms with Crippen molar-refractivity contribution in [3.05, 3.63) is 111 Å². The molecule has 2 saturated heterocycles. The largest absolute Gasteiger partial charge is 0.496 e. The fourth-order valence-electron chi connectivity index (χ4n) is 9.36. The topological polar surface area (TPSA) is 176 Å². The second kappa shape index (κ2) is 23.4. The summed E-state index contributed by atoms with van der Waals surface area (Å²) in [5, 5.41) is 3.53. The summed E-state index contributed by atoms with van der Waals surface area (Å²) in [6, 6.07) is 18.1. The number of hydrogen-bond acceptors (Lipinski definition) is 11. The minimum absolute atomic E-state index is 0.0817. The average Bonchev–Trinajstić information content (AvgIpc) is 3.58. The van der Waals surface area contributed by atoms with Gasteiger partial charge in [0.1, 0.15) is 24.8 Å². The number of hydrogen-bond donors (Lipinski definition) is 1. The zero-order chi connectivity index (χ0) is 48.4. The van der Waals surface area contributed by atoms with Crippen LogP contribution in [0.25, 0.3) is 0 Å². The van der Waals surface area contributed by atoms with E-state index < -0.39 is 47.6 Å². The quantitative estimate of drug-likeness (QED) is 0.0482. The summed E-state index contributed by atoms with van der Waals surface area (Å²) in [5.41, 5.74) is 5.03. The number of nitrogens with zero attached hydrogens (tertiary/aromatic N) is 5. The van der Waals surface area contributed by atoms with E-state index in [2.05, 4.69) is 21.3 Å². The Kier molecular flexibility index (Phi) is 17.4. The molecule has 5 amide bonds. The Bertz CT molecular complexity index is 2600. The summed E-state index contributed by atoms with van der Waals surface area (Å²) in [4.78, 5) is 78.2. The minimum atomic E-state index is -2.49. The monoisotopic (exact) mass is 984 g/mol. The number of carbonyl (C=O) groups excluding carboxylic acids is 5. The Morgan fingerprint density at radius 2 is 1.54 bits per heavy atom. The van der Waals surface area contributed by atoms with Crippen LogP contribution >= 0.6 is 18.7 Å². The number of imide groups is 2. The zero-order valence-corrected chi connectivity index (χ0v) is 41.8. The number of nitrogens with one attached hydrogen (secondary N) is 1. The van der Waals surface area contributed by atoms with Crippen molar-refractivity contribution in [2.24, 2.45) is 0 Å². The molecule has 3 aromatic carbocycles. The van der Waals surface area contributed by atoms with E-state index in [4.69, 9.17) is 21.3 Å². The lowest BCUT2D eigenvalue weighted by atomic mass is 9.98. The molecule has 2 atom stereocenters. The normalized spacial score (nSPS) is 16.8. The van der Waals surface area contributed by atoms with Crippen LogP contribution in [0.1, 0.15) is 120 Å². The van der Waals surface area contributed by atoms with Crippen LogP contribution in [0.2, 0.25) is 5.02 Å². The summed E-state index contributed by atoms with van der Waals surface area (Å²) in [6.07, 6.45) is 10.9. The molecule has 4 heterocycles. The molecule has 0 radical (unpaired) electrons. The van der Waals surface area contributed by atoms with E-state index >= 15 is 0 Å². The Hall–Kier alpha value is -5.24. The van der Waals surface area contributed by atoms with Crippen LogP contribution in [-0.4, -0.2) is 118 Å². The van der Waals surface area contributed by atoms with Crippen molar-refractivity contribution in [3.63, 3.8) is 0 Å². The molecule has 3 aliphatic heterocycles. The number of piperidine rings is 1. The molecule has 0 bridgehead atoms. The molecule has 2 fully saturated rings. The van der Waals surface area contributed by atoms with Crippen LogP contribution in [0.3, 0.4) is 0 Å². The highest BCUT2D eigenvalue weighted by Crippen LogP contribution is 2.37. The van der Waals surface area contributed by atoms with Crippen molar-refractivity contribution in [1.29, 1.82) is 0 Å². The van der Waals surface area contributed by atoms with E-state index in [1.54, 1.807) is 38.8 Å². The van der Waals surface area contributed by atoms with Crippen molar-refractivity contribution in [2.75, 3.05) is 63.0 Å². The van der Waals surface area contributed by atoms with E-state index in [0.29, 0.717) is 77.9 Å². The van der Waals surface area contributed by atoms with Gasteiger partial charge in [-0.25, -0.2) is 9.97 Å². The predicted molar refractivity (Wildman–Crippen MR) is 266 cm³/mol. The lowest BCUT2D eigenvalue weighted by Crippen LogP contribution is -2.54. The standard InChI is InChI=1S/C51H62ClN6O8PS/c1-66-43-33-38(22-21-36(43)32-45-53-34-40(52)41(54-45)31-37-16-10-11-19-44(37)67(2,3)64)56-25-27-57(28-26-56)47(60)20-9-5-7-13-30-68(65)29-12-6-4-8-15-35-17-14-18-39-48(35)51(63)58(50(39)62)42-23-24-46(59)55-49(42)61/h10-11,14,16-19,21-22,33-34,42H,4-9,12-13,15,20,23-32H2,1-3H3,(H,55,59,61). The maximum absolute atomic E-state index is 13.3. The maximum Gasteiger partial charge on any atom is 0.262 e. The van der Waals surface area contributed by atoms with Gasteiger partial charge in [-0.05, 0) is 75.1 Å². The highest BCUT2D eigenvalue weighted by atomic mass is 35.5. The number of anilines is 1. The SMILES string of the molecule is COc1cc(N2CCN(C(=O)CCCCCCS(=O)CCCCCCc3cccc4c3C(=O)N(C3CCC(=O)NC3=O)C4=O)CC2)ccc1Cc1ncc(Cl)c(Cc2ccccc2P(C)(C)=O)n1. The van der Waals surface area contributed by atoms with Crippen LogP contribution in [0.15, 0.2) is 66.9 Å². The molecule has 2 unspecified atom stereocenters. The molecule has 0 aliphatic carbocycles. The van der Waals surface area contributed by atoms with Crippen molar-refractivity contribution in [3.8, 4) is 5.75 Å². The Morgan fingerprint density at radius 3 is 2.26 bits per heavy atom. The number of ether oxygens (including phenoxy) is 1. The molecular formula is C51H62ClN6O8PS. The molecule has 3 aliphatic rings. The van der Waals surface area contributed by atoms with Crippen molar-refractivity contribution < 1.29 is 37.5 Å². The summed E-state index contributed by atoms with van der Waals surface area (Å²) in [5.74, 6) is 0.843. The van der Waals surface area contributed by atoms with Gasteiger partial charge in [0.15, 0.2) is 0 Å². The molecule has 4 aromatic rings. The number of methoxy groups -OCH3 is 1. The average molecular weight is 986 g/mol. The number of fused-ring (bicyclic) bond motifs is 1. The van der Waals surface area contributed by atoms with E-state index in [1.807, 2.05) is 47.4 Å². The molecule has 362 valence electrons. The number of halogens is 1. The van der Waals surface area contributed by atoms with Gasteiger partial charge in [-0.1, -0.05) is 79.7 Å². The fraction of sp³-hybridized carbons (Fsp3) is 0.471. The summed E-state index contributed by atoms with van der Waals surface area (Å²) in [6.45, 7) is 6.28. The van der Waals surface area contributed by atoms with E-state index in [0.717, 1.165) is 103 Å². The molecule has 1 aromatic heterocycles. The predicted octanol–water partition coefficient (Wildman–Crippen LogP) is 7.12. The van der Waals surface area contributed by atoms with E-state index in [-0.39, 0.29) is 18.7 Å². The second-order valence-electron chi connectivity index (χ2n) is 18.2. The Labute approximate surface area is 406 Å². The van der Waals surface area contributed by atoms with Crippen LogP contribution in [0, 0.1) is 0 Å². The van der Waals surface area contributed by atoms with Crippen LogP contribution in [0.4, 0.5) is 5.69 Å². The number of piperazine rings is 1. The van der Waals surface area contributed by atoms with Gasteiger partial charge >= 0.3 is 0 Å². The first-order valence-corrected chi connectivity index (χ1v) is 28.2. The number of carbonyl (C=O) groups is 5. The number of benzene rings is 3. The number of rotatable bonds is 22. The number of aromatic nitrogens is 2. The highest BCUT2D eigenvalue weighted by Gasteiger charge is 2.45. The molecule has 0 spiro atoms. The van der Waals surface area contributed by atoms with Gasteiger partial charge in [-0.15, -0.1) is 0 Å². The van der Waals surface area contributed by atoms with Crippen LogP contribution in [0.5, 0.6) is 5.75 Å². The first kappa shape index (κ1) is 50.6.